The molecule has 0 radical (unpaired) electrons. The molecule has 1 aliphatic heterocycles. The molecular weight excluding hydrogens is 264 g/mol. The summed E-state index contributed by atoms with van der Waals surface area (Å²) < 4.78 is 5.40. The van der Waals surface area contributed by atoms with Crippen LogP contribution in [0.5, 0.6) is 0 Å². The molecule has 0 aromatic carbocycles. The Morgan fingerprint density at radius 3 is 2.48 bits per heavy atom. The summed E-state index contributed by atoms with van der Waals surface area (Å²) >= 11 is 0. The predicted molar refractivity (Wildman–Crippen MR) is 89.9 cm³/mol. The molecule has 1 rings (SSSR count). The van der Waals surface area contributed by atoms with E-state index < -0.39 is 0 Å². The van der Waals surface area contributed by atoms with Gasteiger partial charge in [-0.3, -0.25) is 9.89 Å². The Labute approximate surface area is 130 Å². The Balaban J connectivity index is 2.38. The van der Waals surface area contributed by atoms with Crippen molar-refractivity contribution in [2.45, 2.75) is 47.1 Å². The summed E-state index contributed by atoms with van der Waals surface area (Å²) in [5.41, 5.74) is 0.353. The van der Waals surface area contributed by atoms with E-state index in [9.17, 15) is 0 Å². The molecule has 1 aliphatic rings. The van der Waals surface area contributed by atoms with E-state index in [1.807, 2.05) is 0 Å². The standard InChI is InChI=1S/C16H34N4O/c1-6-17-15(18-8-7-16(3,4)5)19-13-14(2)20-9-11-21-12-10-20/h14H,6-13H2,1-5H3,(H2,17,18,19). The van der Waals surface area contributed by atoms with Gasteiger partial charge in [0.25, 0.3) is 0 Å². The lowest BCUT2D eigenvalue weighted by Gasteiger charge is -2.31. The average molecular weight is 298 g/mol. The molecular formula is C16H34N4O. The molecule has 1 heterocycles. The summed E-state index contributed by atoms with van der Waals surface area (Å²) in [6.45, 7) is 17.5. The van der Waals surface area contributed by atoms with Crippen LogP contribution in [-0.2, 0) is 4.74 Å². The van der Waals surface area contributed by atoms with Crippen LogP contribution < -0.4 is 10.6 Å². The molecule has 1 saturated heterocycles. The summed E-state index contributed by atoms with van der Waals surface area (Å²) in [6, 6.07) is 0.465. The first kappa shape index (κ1) is 18.2. The van der Waals surface area contributed by atoms with Gasteiger partial charge in [0.2, 0.25) is 0 Å². The first-order chi connectivity index (χ1) is 9.92. The molecule has 0 aliphatic carbocycles. The highest BCUT2D eigenvalue weighted by Crippen LogP contribution is 2.16. The summed E-state index contributed by atoms with van der Waals surface area (Å²) in [7, 11) is 0. The highest BCUT2D eigenvalue weighted by Gasteiger charge is 2.16. The van der Waals surface area contributed by atoms with Crippen molar-refractivity contribution in [2.75, 3.05) is 45.9 Å². The van der Waals surface area contributed by atoms with Gasteiger partial charge in [-0.2, -0.15) is 0 Å². The Hall–Kier alpha value is -0.810. The molecule has 21 heavy (non-hydrogen) atoms. The largest absolute Gasteiger partial charge is 0.379 e. The van der Waals surface area contributed by atoms with Crippen molar-refractivity contribution in [1.82, 2.24) is 15.5 Å². The Morgan fingerprint density at radius 2 is 1.90 bits per heavy atom. The Bertz CT molecular complexity index is 306. The predicted octanol–water partition coefficient (Wildman–Crippen LogP) is 1.70. The molecule has 1 fully saturated rings. The lowest BCUT2D eigenvalue weighted by Crippen LogP contribution is -2.44. The third-order valence-corrected chi connectivity index (χ3v) is 3.69. The second-order valence-electron chi connectivity index (χ2n) is 6.95. The molecule has 0 aromatic rings. The first-order valence-corrected chi connectivity index (χ1v) is 8.26. The number of nitrogens with zero attached hydrogens (tertiary/aromatic N) is 2. The fourth-order valence-electron chi connectivity index (χ4n) is 2.25. The van der Waals surface area contributed by atoms with Gasteiger partial charge in [0.1, 0.15) is 0 Å². The Kier molecular flexibility index (Phi) is 8.04. The van der Waals surface area contributed by atoms with Crippen LogP contribution in [0.3, 0.4) is 0 Å². The minimum absolute atomic E-state index is 0.353. The smallest absolute Gasteiger partial charge is 0.191 e. The monoisotopic (exact) mass is 298 g/mol. The van der Waals surface area contributed by atoms with Crippen LogP contribution in [0.15, 0.2) is 4.99 Å². The van der Waals surface area contributed by atoms with Gasteiger partial charge in [0.15, 0.2) is 5.96 Å². The molecule has 5 nitrogen and oxygen atoms in total. The van der Waals surface area contributed by atoms with Crippen molar-refractivity contribution >= 4 is 5.96 Å². The van der Waals surface area contributed by atoms with Crippen molar-refractivity contribution in [3.63, 3.8) is 0 Å². The van der Waals surface area contributed by atoms with E-state index in [1.165, 1.54) is 0 Å². The van der Waals surface area contributed by atoms with Gasteiger partial charge in [-0.25, -0.2) is 0 Å². The number of rotatable bonds is 6. The van der Waals surface area contributed by atoms with Crippen molar-refractivity contribution in [2.24, 2.45) is 10.4 Å². The molecule has 0 spiro atoms. The molecule has 2 N–H and O–H groups in total. The topological polar surface area (TPSA) is 48.9 Å². The summed E-state index contributed by atoms with van der Waals surface area (Å²) in [5, 5.41) is 6.75. The molecule has 0 amide bonds. The second kappa shape index (κ2) is 9.26. The maximum atomic E-state index is 5.40. The van der Waals surface area contributed by atoms with E-state index in [-0.39, 0.29) is 0 Å². The van der Waals surface area contributed by atoms with Crippen LogP contribution in [0.25, 0.3) is 0 Å². The maximum absolute atomic E-state index is 5.40. The van der Waals surface area contributed by atoms with E-state index >= 15 is 0 Å². The molecule has 0 saturated carbocycles. The van der Waals surface area contributed by atoms with E-state index in [1.54, 1.807) is 0 Å². The fraction of sp³-hybridized carbons (Fsp3) is 0.938. The molecule has 0 bridgehead atoms. The number of aliphatic imine (C=N–C) groups is 1. The zero-order chi connectivity index (χ0) is 15.7. The van der Waals surface area contributed by atoms with Crippen LogP contribution in [0, 0.1) is 5.41 Å². The Morgan fingerprint density at radius 1 is 1.24 bits per heavy atom. The van der Waals surface area contributed by atoms with Crippen molar-refractivity contribution in [3.05, 3.63) is 0 Å². The van der Waals surface area contributed by atoms with Crippen LogP contribution >= 0.6 is 0 Å². The fourth-order valence-corrected chi connectivity index (χ4v) is 2.25. The quantitative estimate of drug-likeness (QED) is 0.579. The van der Waals surface area contributed by atoms with E-state index in [2.05, 4.69) is 50.2 Å². The zero-order valence-electron chi connectivity index (χ0n) is 14.5. The van der Waals surface area contributed by atoms with Crippen molar-refractivity contribution in [1.29, 1.82) is 0 Å². The SMILES string of the molecule is CCNC(=NCC(C)N1CCOCC1)NCCC(C)(C)C. The van der Waals surface area contributed by atoms with Gasteiger partial charge in [0, 0.05) is 32.2 Å². The number of nitrogens with one attached hydrogen (secondary N) is 2. The van der Waals surface area contributed by atoms with Crippen LogP contribution in [-0.4, -0.2) is 62.8 Å². The van der Waals surface area contributed by atoms with E-state index in [0.29, 0.717) is 11.5 Å². The van der Waals surface area contributed by atoms with Crippen LogP contribution in [0.4, 0.5) is 0 Å². The molecule has 124 valence electrons. The number of morpholine rings is 1. The van der Waals surface area contributed by atoms with Gasteiger partial charge < -0.3 is 15.4 Å². The van der Waals surface area contributed by atoms with E-state index in [4.69, 9.17) is 9.73 Å². The van der Waals surface area contributed by atoms with Gasteiger partial charge in [-0.05, 0) is 25.7 Å². The average Bonchev–Trinajstić information content (AvgIpc) is 2.44. The molecule has 5 heteroatoms. The lowest BCUT2D eigenvalue weighted by atomic mass is 9.92. The number of hydrogen-bond donors (Lipinski definition) is 2. The van der Waals surface area contributed by atoms with Gasteiger partial charge >= 0.3 is 0 Å². The maximum Gasteiger partial charge on any atom is 0.191 e. The van der Waals surface area contributed by atoms with Gasteiger partial charge in [-0.15, -0.1) is 0 Å². The number of hydrogen-bond acceptors (Lipinski definition) is 3. The third kappa shape index (κ3) is 8.27. The third-order valence-electron chi connectivity index (χ3n) is 3.69. The van der Waals surface area contributed by atoms with E-state index in [0.717, 1.165) is 58.3 Å². The summed E-state index contributed by atoms with van der Waals surface area (Å²) in [4.78, 5) is 7.17. The van der Waals surface area contributed by atoms with Crippen LogP contribution in [0.2, 0.25) is 0 Å². The summed E-state index contributed by atoms with van der Waals surface area (Å²) in [5.74, 6) is 0.932. The minimum Gasteiger partial charge on any atom is -0.379 e. The van der Waals surface area contributed by atoms with Crippen LogP contribution in [0.1, 0.15) is 41.0 Å². The van der Waals surface area contributed by atoms with Crippen molar-refractivity contribution < 1.29 is 4.74 Å². The lowest BCUT2D eigenvalue weighted by molar-refractivity contribution is 0.0220. The highest BCUT2D eigenvalue weighted by molar-refractivity contribution is 5.79. The second-order valence-corrected chi connectivity index (χ2v) is 6.95. The summed E-state index contributed by atoms with van der Waals surface area (Å²) in [6.07, 6.45) is 1.14. The number of guanidine groups is 1. The molecule has 0 aromatic heterocycles. The number of ether oxygens (including phenoxy) is 1. The normalized spacial score (nSPS) is 19.4. The highest BCUT2D eigenvalue weighted by atomic mass is 16.5. The first-order valence-electron chi connectivity index (χ1n) is 8.26. The van der Waals surface area contributed by atoms with Crippen molar-refractivity contribution in [3.8, 4) is 0 Å². The zero-order valence-corrected chi connectivity index (χ0v) is 14.5. The molecule has 1 unspecified atom stereocenters. The van der Waals surface area contributed by atoms with Gasteiger partial charge in [-0.1, -0.05) is 20.8 Å². The van der Waals surface area contributed by atoms with Gasteiger partial charge in [0.05, 0.1) is 19.8 Å². The molecule has 1 atom stereocenters. The minimum atomic E-state index is 0.353.